The molecular weight excluding hydrogens is 252 g/mol. The van der Waals surface area contributed by atoms with E-state index in [-0.39, 0.29) is 0 Å². The molecule has 7 nitrogen and oxygen atoms in total. The van der Waals surface area contributed by atoms with Crippen LogP contribution in [0.1, 0.15) is 23.2 Å². The van der Waals surface area contributed by atoms with Crippen LogP contribution in [-0.4, -0.2) is 21.0 Å². The molecule has 0 aliphatic carbocycles. The zero-order valence-electron chi connectivity index (χ0n) is 8.63. The quantitative estimate of drug-likeness (QED) is 0.643. The van der Waals surface area contributed by atoms with E-state index in [1.165, 1.54) is 6.07 Å². The van der Waals surface area contributed by atoms with Crippen molar-refractivity contribution in [2.24, 2.45) is 0 Å². The maximum atomic E-state index is 12.5. The first kappa shape index (κ1) is 13.4. The van der Waals surface area contributed by atoms with Gasteiger partial charge in [0.2, 0.25) is 0 Å². The smallest absolute Gasteiger partial charge is 0.308 e. The van der Waals surface area contributed by atoms with Crippen LogP contribution in [0.25, 0.3) is 0 Å². The highest BCUT2D eigenvalue weighted by atomic mass is 19.3. The molecular formula is C9H5F2N3O4. The molecule has 0 fully saturated rings. The predicted octanol–water partition coefficient (Wildman–Crippen LogP) is 1.43. The molecule has 18 heavy (non-hydrogen) atoms. The Bertz CT molecular complexity index is 553. The van der Waals surface area contributed by atoms with Crippen molar-refractivity contribution in [3.8, 4) is 6.07 Å². The number of nitro groups is 1. The average molecular weight is 257 g/mol. The number of pyridine rings is 1. The Morgan fingerprint density at radius 2 is 2.28 bits per heavy atom. The number of hydrogen-bond donors (Lipinski definition) is 1. The highest BCUT2D eigenvalue weighted by molar-refractivity contribution is 5.74. The van der Waals surface area contributed by atoms with Crippen LogP contribution in [0.2, 0.25) is 0 Å². The molecule has 9 heteroatoms. The van der Waals surface area contributed by atoms with Crippen LogP contribution in [-0.2, 0) is 11.2 Å². The second kappa shape index (κ2) is 5.13. The number of hydrogen-bond acceptors (Lipinski definition) is 5. The molecule has 0 saturated carbocycles. The van der Waals surface area contributed by atoms with Gasteiger partial charge in [0.1, 0.15) is 18.0 Å². The number of carboxylic acid groups (broad SMARTS) is 1. The molecule has 0 amide bonds. The van der Waals surface area contributed by atoms with Gasteiger partial charge in [0.15, 0.2) is 0 Å². The minimum Gasteiger partial charge on any atom is -0.481 e. The van der Waals surface area contributed by atoms with Gasteiger partial charge in [-0.05, 0) is 0 Å². The Hall–Kier alpha value is -2.63. The second-order valence-corrected chi connectivity index (χ2v) is 3.12. The number of alkyl halides is 2. The molecule has 1 N–H and O–H groups in total. The summed E-state index contributed by atoms with van der Waals surface area (Å²) in [5.74, 6) is -1.47. The summed E-state index contributed by atoms with van der Waals surface area (Å²) in [5.41, 5.74) is -3.06. The lowest BCUT2D eigenvalue weighted by Crippen LogP contribution is -2.10. The van der Waals surface area contributed by atoms with E-state index in [0.29, 0.717) is 6.20 Å². The van der Waals surface area contributed by atoms with Gasteiger partial charge in [0.05, 0.1) is 22.5 Å². The van der Waals surface area contributed by atoms with Crippen molar-refractivity contribution >= 4 is 11.7 Å². The highest BCUT2D eigenvalue weighted by Crippen LogP contribution is 2.29. The number of carboxylic acids is 1. The van der Waals surface area contributed by atoms with Crippen LogP contribution in [0.15, 0.2) is 6.20 Å². The van der Waals surface area contributed by atoms with E-state index >= 15 is 0 Å². The van der Waals surface area contributed by atoms with Gasteiger partial charge in [-0.3, -0.25) is 14.9 Å². The molecule has 0 atom stereocenters. The fourth-order valence-corrected chi connectivity index (χ4v) is 1.33. The van der Waals surface area contributed by atoms with Gasteiger partial charge < -0.3 is 5.11 Å². The second-order valence-electron chi connectivity index (χ2n) is 3.12. The fraction of sp³-hybridized carbons (Fsp3) is 0.222. The van der Waals surface area contributed by atoms with Crippen LogP contribution < -0.4 is 0 Å². The summed E-state index contributed by atoms with van der Waals surface area (Å²) in [6.45, 7) is 0. The molecule has 1 rings (SSSR count). The molecule has 1 aromatic rings. The van der Waals surface area contributed by atoms with E-state index in [1.54, 1.807) is 0 Å². The van der Waals surface area contributed by atoms with Gasteiger partial charge in [0.25, 0.3) is 12.1 Å². The summed E-state index contributed by atoms with van der Waals surface area (Å²) in [6.07, 6.45) is -3.49. The molecule has 0 unspecified atom stereocenters. The molecule has 0 bridgehead atoms. The fourth-order valence-electron chi connectivity index (χ4n) is 1.33. The van der Waals surface area contributed by atoms with Gasteiger partial charge >= 0.3 is 5.97 Å². The zero-order valence-corrected chi connectivity index (χ0v) is 8.63. The van der Waals surface area contributed by atoms with Gasteiger partial charge in [0, 0.05) is 0 Å². The third-order valence-corrected chi connectivity index (χ3v) is 2.04. The molecule has 1 aromatic heterocycles. The standard InChI is InChI=1S/C9H5F2N3O4/c10-9(11)8-5(2-12)4(1-7(15)16)6(3-13-8)14(17)18/h3,9H,1H2,(H,15,16). The van der Waals surface area contributed by atoms with Crippen molar-refractivity contribution in [3.63, 3.8) is 0 Å². The Balaban J connectivity index is 3.56. The summed E-state index contributed by atoms with van der Waals surface area (Å²) >= 11 is 0. The van der Waals surface area contributed by atoms with Crippen LogP contribution in [0.4, 0.5) is 14.5 Å². The summed E-state index contributed by atoms with van der Waals surface area (Å²) in [7, 11) is 0. The van der Waals surface area contributed by atoms with Crippen LogP contribution >= 0.6 is 0 Å². The number of rotatable bonds is 4. The van der Waals surface area contributed by atoms with Crippen LogP contribution in [0.5, 0.6) is 0 Å². The maximum absolute atomic E-state index is 12.5. The average Bonchev–Trinajstić information content (AvgIpc) is 2.26. The van der Waals surface area contributed by atoms with Gasteiger partial charge in [-0.15, -0.1) is 0 Å². The van der Waals surface area contributed by atoms with Gasteiger partial charge in [-0.2, -0.15) is 5.26 Å². The number of nitrogens with zero attached hydrogens (tertiary/aromatic N) is 3. The van der Waals surface area contributed by atoms with Crippen molar-refractivity contribution in [1.29, 1.82) is 5.26 Å². The van der Waals surface area contributed by atoms with Crippen molar-refractivity contribution < 1.29 is 23.6 Å². The molecule has 0 saturated heterocycles. The Morgan fingerprint density at radius 3 is 2.67 bits per heavy atom. The third kappa shape index (κ3) is 2.54. The van der Waals surface area contributed by atoms with Crippen LogP contribution in [0.3, 0.4) is 0 Å². The van der Waals surface area contributed by atoms with E-state index in [2.05, 4.69) is 4.98 Å². The monoisotopic (exact) mass is 257 g/mol. The highest BCUT2D eigenvalue weighted by Gasteiger charge is 2.27. The number of aromatic nitrogens is 1. The van der Waals surface area contributed by atoms with Crippen molar-refractivity contribution in [3.05, 3.63) is 33.1 Å². The van der Waals surface area contributed by atoms with E-state index in [1.807, 2.05) is 0 Å². The topological polar surface area (TPSA) is 117 Å². The van der Waals surface area contributed by atoms with Gasteiger partial charge in [-0.25, -0.2) is 13.8 Å². The SMILES string of the molecule is N#Cc1c(C(F)F)ncc([N+](=O)[O-])c1CC(=O)O. The largest absolute Gasteiger partial charge is 0.481 e. The minimum absolute atomic E-state index is 0.528. The molecule has 0 aromatic carbocycles. The maximum Gasteiger partial charge on any atom is 0.308 e. The van der Waals surface area contributed by atoms with E-state index in [0.717, 1.165) is 0 Å². The zero-order chi connectivity index (χ0) is 13.9. The van der Waals surface area contributed by atoms with Crippen molar-refractivity contribution in [1.82, 2.24) is 4.98 Å². The lowest BCUT2D eigenvalue weighted by molar-refractivity contribution is -0.385. The van der Waals surface area contributed by atoms with Crippen molar-refractivity contribution in [2.45, 2.75) is 12.8 Å². The Morgan fingerprint density at radius 1 is 1.67 bits per heavy atom. The van der Waals surface area contributed by atoms with E-state index in [9.17, 15) is 23.7 Å². The number of nitriles is 1. The molecule has 0 aliphatic heterocycles. The Labute approximate surface area is 98.4 Å². The normalized spacial score (nSPS) is 10.1. The number of halogens is 2. The lowest BCUT2D eigenvalue weighted by Gasteiger charge is -2.06. The number of carbonyl (C=O) groups is 1. The summed E-state index contributed by atoms with van der Waals surface area (Å²) in [4.78, 5) is 23.3. The van der Waals surface area contributed by atoms with E-state index < -0.39 is 46.2 Å². The first-order chi connectivity index (χ1) is 8.38. The molecule has 0 aliphatic rings. The van der Waals surface area contributed by atoms with E-state index in [4.69, 9.17) is 10.4 Å². The Kier molecular flexibility index (Phi) is 3.83. The lowest BCUT2D eigenvalue weighted by atomic mass is 10.0. The predicted molar refractivity (Wildman–Crippen MR) is 51.9 cm³/mol. The summed E-state index contributed by atoms with van der Waals surface area (Å²) < 4.78 is 25.1. The third-order valence-electron chi connectivity index (χ3n) is 2.04. The summed E-state index contributed by atoms with van der Waals surface area (Å²) in [6, 6.07) is 1.34. The molecule has 94 valence electrons. The minimum atomic E-state index is -3.12. The van der Waals surface area contributed by atoms with Crippen molar-refractivity contribution in [2.75, 3.05) is 0 Å². The van der Waals surface area contributed by atoms with Gasteiger partial charge in [-0.1, -0.05) is 0 Å². The molecule has 0 spiro atoms. The first-order valence-corrected chi connectivity index (χ1v) is 4.44. The first-order valence-electron chi connectivity index (χ1n) is 4.44. The van der Waals surface area contributed by atoms with Crippen LogP contribution in [0, 0.1) is 21.4 Å². The molecule has 1 heterocycles. The summed E-state index contributed by atoms with van der Waals surface area (Å²) in [5, 5.41) is 27.9. The number of aliphatic carboxylic acids is 1. The molecule has 0 radical (unpaired) electrons.